The number of nitrogen functional groups attached to an aromatic ring is 1. The van der Waals surface area contributed by atoms with Crippen LogP contribution in [0, 0.1) is 5.82 Å². The summed E-state index contributed by atoms with van der Waals surface area (Å²) in [6.45, 7) is 0. The fourth-order valence-corrected chi connectivity index (χ4v) is 2.23. The summed E-state index contributed by atoms with van der Waals surface area (Å²) in [7, 11) is 0. The van der Waals surface area contributed by atoms with Crippen molar-refractivity contribution < 1.29 is 4.39 Å². The van der Waals surface area contributed by atoms with Gasteiger partial charge in [0.2, 0.25) is 0 Å². The lowest BCUT2D eigenvalue weighted by Crippen LogP contribution is -2.03. The van der Waals surface area contributed by atoms with Gasteiger partial charge in [-0.25, -0.2) is 14.4 Å². The predicted octanol–water partition coefficient (Wildman–Crippen LogP) is 1.90. The molecule has 0 aliphatic rings. The molecule has 0 aliphatic carbocycles. The molecule has 4 heterocycles. The summed E-state index contributed by atoms with van der Waals surface area (Å²) in [4.78, 5) is 15.5. The third-order valence-electron chi connectivity index (χ3n) is 3.33. The molecule has 4 aromatic rings. The van der Waals surface area contributed by atoms with Crippen LogP contribution in [0.25, 0.3) is 28.3 Å². The largest absolute Gasteiger partial charge is 0.381 e. The predicted molar refractivity (Wildman–Crippen MR) is 78.2 cm³/mol. The van der Waals surface area contributed by atoms with Crippen LogP contribution in [0.3, 0.4) is 0 Å². The van der Waals surface area contributed by atoms with E-state index in [1.165, 1.54) is 4.52 Å². The van der Waals surface area contributed by atoms with Crippen LogP contribution in [0.4, 0.5) is 10.2 Å². The lowest BCUT2D eigenvalue weighted by Gasteiger charge is -2.02. The van der Waals surface area contributed by atoms with Gasteiger partial charge in [-0.15, -0.1) is 0 Å². The molecule has 0 saturated carbocycles. The normalized spacial score (nSPS) is 11.1. The Kier molecular flexibility index (Phi) is 2.62. The zero-order valence-electron chi connectivity index (χ0n) is 11.2. The molecule has 3 N–H and O–H groups in total. The molecule has 0 saturated heterocycles. The summed E-state index contributed by atoms with van der Waals surface area (Å²) in [5.74, 6) is 0.0145. The van der Waals surface area contributed by atoms with Gasteiger partial charge in [0.1, 0.15) is 5.69 Å². The first kappa shape index (κ1) is 12.5. The Labute approximate surface area is 123 Å². The highest BCUT2D eigenvalue weighted by atomic mass is 19.1. The van der Waals surface area contributed by atoms with E-state index in [-0.39, 0.29) is 5.82 Å². The summed E-state index contributed by atoms with van der Waals surface area (Å²) in [6.07, 6.45) is 7.76. The van der Waals surface area contributed by atoms with Crippen molar-refractivity contribution in [3.63, 3.8) is 0 Å². The van der Waals surface area contributed by atoms with Crippen molar-refractivity contribution in [1.82, 2.24) is 29.5 Å². The Bertz CT molecular complexity index is 941. The SMILES string of the molecule is Nc1c(F)cnc2c(-c3ccc(-c4ncc[nH]4)nc3)cnn12. The van der Waals surface area contributed by atoms with Gasteiger partial charge in [-0.3, -0.25) is 4.98 Å². The zero-order valence-corrected chi connectivity index (χ0v) is 11.2. The minimum Gasteiger partial charge on any atom is -0.381 e. The standard InChI is InChI=1S/C14H10FN7/c15-10-7-20-14-9(6-21-22(14)12(10)16)8-1-2-11(19-5-8)13-17-3-4-18-13/h1-7H,16H2,(H,17,18). The molecule has 0 radical (unpaired) electrons. The number of H-pyrrole nitrogens is 1. The second-order valence-corrected chi connectivity index (χ2v) is 4.65. The Hall–Kier alpha value is -3.29. The molecule has 8 heteroatoms. The monoisotopic (exact) mass is 295 g/mol. The molecular weight excluding hydrogens is 285 g/mol. The highest BCUT2D eigenvalue weighted by molar-refractivity contribution is 5.77. The van der Waals surface area contributed by atoms with Crippen molar-refractivity contribution in [2.45, 2.75) is 0 Å². The van der Waals surface area contributed by atoms with Crippen LogP contribution < -0.4 is 5.73 Å². The van der Waals surface area contributed by atoms with Crippen molar-refractivity contribution >= 4 is 11.5 Å². The molecule has 0 aromatic carbocycles. The number of halogens is 1. The molecule has 0 fully saturated rings. The van der Waals surface area contributed by atoms with E-state index >= 15 is 0 Å². The lowest BCUT2D eigenvalue weighted by molar-refractivity contribution is 0.614. The van der Waals surface area contributed by atoms with Gasteiger partial charge in [-0.2, -0.15) is 9.61 Å². The van der Waals surface area contributed by atoms with Gasteiger partial charge < -0.3 is 10.7 Å². The average Bonchev–Trinajstić information content (AvgIpc) is 3.21. The number of imidazole rings is 1. The summed E-state index contributed by atoms with van der Waals surface area (Å²) in [6, 6.07) is 3.72. The van der Waals surface area contributed by atoms with E-state index in [4.69, 9.17) is 5.73 Å². The Morgan fingerprint density at radius 2 is 2.00 bits per heavy atom. The Balaban J connectivity index is 1.81. The van der Waals surface area contributed by atoms with Crippen molar-refractivity contribution in [2.24, 2.45) is 0 Å². The van der Waals surface area contributed by atoms with Gasteiger partial charge in [-0.05, 0) is 6.07 Å². The number of anilines is 1. The highest BCUT2D eigenvalue weighted by Gasteiger charge is 2.13. The molecule has 4 aromatic heterocycles. The van der Waals surface area contributed by atoms with Gasteiger partial charge in [-0.1, -0.05) is 6.07 Å². The summed E-state index contributed by atoms with van der Waals surface area (Å²) < 4.78 is 14.7. The summed E-state index contributed by atoms with van der Waals surface area (Å²) >= 11 is 0. The number of pyridine rings is 1. The number of fused-ring (bicyclic) bond motifs is 1. The molecule has 0 atom stereocenters. The second-order valence-electron chi connectivity index (χ2n) is 4.65. The molecular formula is C14H10FN7. The molecule has 0 amide bonds. The molecule has 22 heavy (non-hydrogen) atoms. The highest BCUT2D eigenvalue weighted by Crippen LogP contribution is 2.25. The number of aromatic nitrogens is 6. The number of aromatic amines is 1. The maximum absolute atomic E-state index is 13.4. The van der Waals surface area contributed by atoms with E-state index < -0.39 is 5.82 Å². The average molecular weight is 295 g/mol. The molecule has 4 rings (SSSR count). The van der Waals surface area contributed by atoms with Gasteiger partial charge in [0, 0.05) is 29.7 Å². The number of hydrogen-bond donors (Lipinski definition) is 2. The fourth-order valence-electron chi connectivity index (χ4n) is 2.23. The van der Waals surface area contributed by atoms with E-state index in [2.05, 4.69) is 25.0 Å². The van der Waals surface area contributed by atoms with E-state index in [1.807, 2.05) is 12.1 Å². The van der Waals surface area contributed by atoms with Crippen LogP contribution in [0.5, 0.6) is 0 Å². The van der Waals surface area contributed by atoms with Gasteiger partial charge in [0.25, 0.3) is 0 Å². The summed E-state index contributed by atoms with van der Waals surface area (Å²) in [5.41, 5.74) is 8.40. The summed E-state index contributed by atoms with van der Waals surface area (Å²) in [5, 5.41) is 4.07. The number of nitrogens with one attached hydrogen (secondary N) is 1. The second kappa shape index (κ2) is 4.62. The van der Waals surface area contributed by atoms with Crippen molar-refractivity contribution in [2.75, 3.05) is 5.73 Å². The van der Waals surface area contributed by atoms with E-state index in [0.717, 1.165) is 23.0 Å². The molecule has 0 unspecified atom stereocenters. The first-order chi connectivity index (χ1) is 10.7. The van der Waals surface area contributed by atoms with Crippen LogP contribution in [-0.4, -0.2) is 29.5 Å². The third kappa shape index (κ3) is 1.81. The minimum absolute atomic E-state index is 0.0728. The quantitative estimate of drug-likeness (QED) is 0.588. The maximum atomic E-state index is 13.4. The third-order valence-corrected chi connectivity index (χ3v) is 3.33. The molecule has 7 nitrogen and oxygen atoms in total. The molecule has 108 valence electrons. The Morgan fingerprint density at radius 1 is 1.09 bits per heavy atom. The van der Waals surface area contributed by atoms with Crippen molar-refractivity contribution in [3.05, 3.63) is 48.9 Å². The maximum Gasteiger partial charge on any atom is 0.183 e. The van der Waals surface area contributed by atoms with Crippen LogP contribution in [-0.2, 0) is 0 Å². The van der Waals surface area contributed by atoms with Crippen molar-refractivity contribution in [3.8, 4) is 22.6 Å². The van der Waals surface area contributed by atoms with E-state index in [0.29, 0.717) is 11.5 Å². The number of rotatable bonds is 2. The smallest absolute Gasteiger partial charge is 0.183 e. The van der Waals surface area contributed by atoms with Gasteiger partial charge in [0.05, 0.1) is 12.4 Å². The topological polar surface area (TPSA) is 97.8 Å². The van der Waals surface area contributed by atoms with Crippen LogP contribution in [0.2, 0.25) is 0 Å². The van der Waals surface area contributed by atoms with Crippen LogP contribution in [0.1, 0.15) is 0 Å². The fraction of sp³-hybridized carbons (Fsp3) is 0. The minimum atomic E-state index is -0.603. The molecule has 0 aliphatic heterocycles. The zero-order chi connectivity index (χ0) is 15.1. The first-order valence-corrected chi connectivity index (χ1v) is 6.48. The first-order valence-electron chi connectivity index (χ1n) is 6.48. The van der Waals surface area contributed by atoms with E-state index in [1.54, 1.807) is 24.8 Å². The van der Waals surface area contributed by atoms with Gasteiger partial charge >= 0.3 is 0 Å². The number of hydrogen-bond acceptors (Lipinski definition) is 5. The molecule has 0 bridgehead atoms. The number of nitrogens with two attached hydrogens (primary N) is 1. The lowest BCUT2D eigenvalue weighted by atomic mass is 10.1. The van der Waals surface area contributed by atoms with Crippen LogP contribution in [0.15, 0.2) is 43.1 Å². The van der Waals surface area contributed by atoms with Crippen molar-refractivity contribution in [1.29, 1.82) is 0 Å². The van der Waals surface area contributed by atoms with Gasteiger partial charge in [0.15, 0.2) is 23.1 Å². The number of nitrogens with zero attached hydrogens (tertiary/aromatic N) is 5. The Morgan fingerprint density at radius 3 is 2.73 bits per heavy atom. The molecule has 0 spiro atoms. The van der Waals surface area contributed by atoms with E-state index in [9.17, 15) is 4.39 Å². The van der Waals surface area contributed by atoms with Crippen LogP contribution >= 0.6 is 0 Å².